The van der Waals surface area contributed by atoms with Crippen molar-refractivity contribution in [3.63, 3.8) is 0 Å². The second-order valence-electron chi connectivity index (χ2n) is 2.33. The van der Waals surface area contributed by atoms with Crippen LogP contribution >= 0.6 is 0 Å². The van der Waals surface area contributed by atoms with Gasteiger partial charge in [0.25, 0.3) is 0 Å². The first-order valence-electron chi connectivity index (χ1n) is 4.03. The van der Waals surface area contributed by atoms with Crippen LogP contribution in [0, 0.1) is 0 Å². The third-order valence-corrected chi connectivity index (χ3v) is 1.16. The highest BCUT2D eigenvalue weighted by Gasteiger charge is 1.83. The van der Waals surface area contributed by atoms with Gasteiger partial charge in [-0.2, -0.15) is 0 Å². The molecule has 0 radical (unpaired) electrons. The van der Waals surface area contributed by atoms with Gasteiger partial charge in [0, 0.05) is 0 Å². The summed E-state index contributed by atoms with van der Waals surface area (Å²) in [7, 11) is 0. The minimum absolute atomic E-state index is 0.824. The predicted octanol–water partition coefficient (Wildman–Crippen LogP) is 0.0873. The number of carboxylic acid groups (broad SMARTS) is 1. The molecule has 0 aliphatic heterocycles. The highest BCUT2D eigenvalue weighted by atomic mass is 16.4. The minimum Gasteiger partial charge on any atom is -0.465 e. The molecular weight excluding hydrogens is 158 g/mol. The Hall–Kier alpha value is -0.810. The van der Waals surface area contributed by atoms with E-state index in [1.807, 2.05) is 0 Å². The second kappa shape index (κ2) is 12.8. The quantitative estimate of drug-likeness (QED) is 0.445. The fourth-order valence-electron chi connectivity index (χ4n) is 0.642. The van der Waals surface area contributed by atoms with Crippen LogP contribution in [0.1, 0.15) is 25.7 Å². The molecule has 12 heavy (non-hydrogen) atoms. The predicted molar refractivity (Wildman–Crippen MR) is 48.8 cm³/mol. The molecule has 0 saturated carbocycles. The van der Waals surface area contributed by atoms with Gasteiger partial charge in [0.05, 0.1) is 0 Å². The summed E-state index contributed by atoms with van der Waals surface area (Å²) in [4.78, 5) is 8.78. The molecular formula is C7H19N3O2. The molecule has 1 amide bonds. The van der Waals surface area contributed by atoms with Crippen molar-refractivity contribution in [3.05, 3.63) is 0 Å². The number of rotatable bonds is 5. The van der Waals surface area contributed by atoms with Gasteiger partial charge in [-0.15, -0.1) is 0 Å². The topological polar surface area (TPSA) is 115 Å². The molecule has 0 rings (SSSR count). The van der Waals surface area contributed by atoms with E-state index in [-0.39, 0.29) is 0 Å². The Morgan fingerprint density at radius 3 is 1.42 bits per heavy atom. The zero-order valence-corrected chi connectivity index (χ0v) is 7.33. The van der Waals surface area contributed by atoms with Crippen molar-refractivity contribution in [2.45, 2.75) is 25.7 Å². The maximum absolute atomic E-state index is 8.78. The largest absolute Gasteiger partial charge is 0.465 e. The Bertz CT molecular complexity index is 88.7. The third-order valence-electron chi connectivity index (χ3n) is 1.16. The van der Waals surface area contributed by atoms with Crippen molar-refractivity contribution < 1.29 is 9.90 Å². The average Bonchev–Trinajstić information content (AvgIpc) is 1.97. The lowest BCUT2D eigenvalue weighted by molar-refractivity contribution is 0.205. The van der Waals surface area contributed by atoms with Crippen molar-refractivity contribution in [1.82, 2.24) is 0 Å². The molecule has 0 aromatic carbocycles. The van der Waals surface area contributed by atoms with Crippen LogP contribution in [0.15, 0.2) is 0 Å². The van der Waals surface area contributed by atoms with Gasteiger partial charge in [-0.1, -0.05) is 12.8 Å². The van der Waals surface area contributed by atoms with Crippen LogP contribution in [0.5, 0.6) is 0 Å². The lowest BCUT2D eigenvalue weighted by Crippen LogP contribution is -2.03. The van der Waals surface area contributed by atoms with Gasteiger partial charge in [-0.3, -0.25) is 0 Å². The van der Waals surface area contributed by atoms with Gasteiger partial charge in [-0.05, 0) is 25.9 Å². The van der Waals surface area contributed by atoms with E-state index in [1.54, 1.807) is 0 Å². The van der Waals surface area contributed by atoms with Gasteiger partial charge in [-0.25, -0.2) is 4.79 Å². The fourth-order valence-corrected chi connectivity index (χ4v) is 0.642. The fraction of sp³-hybridized carbons (Fsp3) is 0.857. The molecule has 0 aromatic rings. The zero-order chi connectivity index (χ0) is 9.82. The van der Waals surface area contributed by atoms with E-state index in [0.717, 1.165) is 25.9 Å². The Morgan fingerprint density at radius 2 is 1.25 bits per heavy atom. The first-order valence-corrected chi connectivity index (χ1v) is 4.03. The van der Waals surface area contributed by atoms with Crippen LogP contribution < -0.4 is 17.2 Å². The van der Waals surface area contributed by atoms with Crippen LogP contribution in [-0.2, 0) is 0 Å². The maximum atomic E-state index is 8.78. The molecule has 0 atom stereocenters. The van der Waals surface area contributed by atoms with Crippen molar-refractivity contribution in [1.29, 1.82) is 0 Å². The van der Waals surface area contributed by atoms with E-state index in [4.69, 9.17) is 21.4 Å². The van der Waals surface area contributed by atoms with Crippen LogP contribution in [0.2, 0.25) is 0 Å². The van der Waals surface area contributed by atoms with Gasteiger partial charge in [0.2, 0.25) is 0 Å². The third kappa shape index (κ3) is 35.1. The van der Waals surface area contributed by atoms with Crippen molar-refractivity contribution in [3.8, 4) is 0 Å². The average molecular weight is 177 g/mol. The molecule has 5 nitrogen and oxygen atoms in total. The summed E-state index contributed by atoms with van der Waals surface area (Å²) < 4.78 is 0. The molecule has 7 N–H and O–H groups in total. The van der Waals surface area contributed by atoms with Crippen molar-refractivity contribution in [2.75, 3.05) is 13.1 Å². The summed E-state index contributed by atoms with van der Waals surface area (Å²) >= 11 is 0. The second-order valence-corrected chi connectivity index (χ2v) is 2.33. The normalized spacial score (nSPS) is 8.50. The summed E-state index contributed by atoms with van der Waals surface area (Å²) in [5.41, 5.74) is 14.6. The maximum Gasteiger partial charge on any atom is 0.402 e. The molecule has 0 aliphatic carbocycles. The van der Waals surface area contributed by atoms with E-state index >= 15 is 0 Å². The van der Waals surface area contributed by atoms with E-state index in [2.05, 4.69) is 5.73 Å². The van der Waals surface area contributed by atoms with E-state index in [9.17, 15) is 0 Å². The number of carbonyl (C=O) groups is 1. The monoisotopic (exact) mass is 177 g/mol. The summed E-state index contributed by atoms with van der Waals surface area (Å²) in [6.45, 7) is 1.65. The molecule has 0 heterocycles. The van der Waals surface area contributed by atoms with Crippen LogP contribution in [-0.4, -0.2) is 24.3 Å². The van der Waals surface area contributed by atoms with E-state index in [0.29, 0.717) is 0 Å². The lowest BCUT2D eigenvalue weighted by Gasteiger charge is -1.94. The Balaban J connectivity index is 0. The first-order chi connectivity index (χ1) is 5.65. The summed E-state index contributed by atoms with van der Waals surface area (Å²) in [6, 6.07) is 0. The smallest absolute Gasteiger partial charge is 0.402 e. The van der Waals surface area contributed by atoms with Crippen LogP contribution in [0.3, 0.4) is 0 Å². The highest BCUT2D eigenvalue weighted by Crippen LogP contribution is 1.95. The SMILES string of the molecule is NC(=O)O.NCCCCCCN. The molecule has 0 aromatic heterocycles. The van der Waals surface area contributed by atoms with Gasteiger partial charge in [0.1, 0.15) is 0 Å². The van der Waals surface area contributed by atoms with Crippen molar-refractivity contribution in [2.24, 2.45) is 17.2 Å². The van der Waals surface area contributed by atoms with Gasteiger partial charge < -0.3 is 22.3 Å². The number of unbranched alkanes of at least 4 members (excludes halogenated alkanes) is 3. The minimum atomic E-state index is -1.33. The van der Waals surface area contributed by atoms with Crippen LogP contribution in [0.25, 0.3) is 0 Å². The molecule has 0 fully saturated rings. The highest BCUT2D eigenvalue weighted by molar-refractivity contribution is 5.61. The molecule has 0 aliphatic rings. The summed E-state index contributed by atoms with van der Waals surface area (Å²) in [6.07, 6.45) is 3.46. The van der Waals surface area contributed by atoms with Gasteiger partial charge >= 0.3 is 6.09 Å². The zero-order valence-electron chi connectivity index (χ0n) is 7.33. The van der Waals surface area contributed by atoms with E-state index < -0.39 is 6.09 Å². The van der Waals surface area contributed by atoms with E-state index in [1.165, 1.54) is 12.8 Å². The Morgan fingerprint density at radius 1 is 1.00 bits per heavy atom. The Labute approximate surface area is 72.9 Å². The molecule has 0 unspecified atom stereocenters. The Kier molecular flexibility index (Phi) is 14.7. The lowest BCUT2D eigenvalue weighted by atomic mass is 10.2. The summed E-state index contributed by atoms with van der Waals surface area (Å²) in [5.74, 6) is 0. The number of amides is 1. The number of nitrogens with two attached hydrogens (primary N) is 3. The van der Waals surface area contributed by atoms with Crippen molar-refractivity contribution >= 4 is 6.09 Å². The molecule has 5 heteroatoms. The number of primary amides is 1. The van der Waals surface area contributed by atoms with Crippen LogP contribution in [0.4, 0.5) is 4.79 Å². The molecule has 0 bridgehead atoms. The first kappa shape index (κ1) is 13.8. The number of hydrogen-bond acceptors (Lipinski definition) is 3. The standard InChI is InChI=1S/C6H16N2.CH3NO2/c7-5-3-1-2-4-6-8;2-1(3)4/h1-8H2;2H2,(H,3,4). The molecule has 74 valence electrons. The van der Waals surface area contributed by atoms with Gasteiger partial charge in [0.15, 0.2) is 0 Å². The molecule has 0 spiro atoms. The summed E-state index contributed by atoms with van der Waals surface area (Å²) in [5, 5.41) is 7.19. The molecule has 0 saturated heterocycles. The number of hydrogen-bond donors (Lipinski definition) is 4.